The fraction of sp³-hybridized carbons (Fsp3) is 0.579. The molecule has 0 bridgehead atoms. The second-order valence-corrected chi connectivity index (χ2v) is 7.11. The van der Waals surface area contributed by atoms with Gasteiger partial charge in [-0.05, 0) is 18.5 Å². The van der Waals surface area contributed by atoms with Gasteiger partial charge < -0.3 is 20.1 Å². The Kier molecular flexibility index (Phi) is 7.41. The lowest BCUT2D eigenvalue weighted by molar-refractivity contribution is -0.138. The van der Waals surface area contributed by atoms with Gasteiger partial charge in [-0.2, -0.15) is 0 Å². The van der Waals surface area contributed by atoms with E-state index in [2.05, 4.69) is 19.2 Å². The fourth-order valence-corrected chi connectivity index (χ4v) is 3.18. The van der Waals surface area contributed by atoms with Gasteiger partial charge in [-0.25, -0.2) is 4.79 Å². The van der Waals surface area contributed by atoms with Crippen LogP contribution in [0.25, 0.3) is 0 Å². The lowest BCUT2D eigenvalue weighted by Crippen LogP contribution is -2.53. The Balaban J connectivity index is 1.94. The largest absolute Gasteiger partial charge is 0.480 e. The van der Waals surface area contributed by atoms with Gasteiger partial charge in [-0.3, -0.25) is 9.69 Å². The van der Waals surface area contributed by atoms with Crippen molar-refractivity contribution in [2.24, 2.45) is 5.92 Å². The second-order valence-electron chi connectivity index (χ2n) is 7.11. The van der Waals surface area contributed by atoms with Crippen molar-refractivity contribution in [3.8, 4) is 0 Å². The molecule has 2 atom stereocenters. The molecule has 0 spiro atoms. The first-order chi connectivity index (χ1) is 12.4. The predicted molar refractivity (Wildman–Crippen MR) is 99.0 cm³/mol. The van der Waals surface area contributed by atoms with Crippen molar-refractivity contribution >= 4 is 12.0 Å². The van der Waals surface area contributed by atoms with Crippen molar-refractivity contribution in [1.82, 2.24) is 15.1 Å². The average Bonchev–Trinajstić information content (AvgIpc) is 2.59. The number of urea groups is 1. The molecule has 2 rings (SSSR count). The van der Waals surface area contributed by atoms with Gasteiger partial charge in [-0.15, -0.1) is 0 Å². The number of aliphatic carboxylic acids is 1. The van der Waals surface area contributed by atoms with E-state index in [-0.39, 0.29) is 30.6 Å². The third-order valence-electron chi connectivity index (χ3n) is 4.45. The van der Waals surface area contributed by atoms with Crippen LogP contribution in [0.5, 0.6) is 0 Å². The normalized spacial score (nSPS) is 18.8. The van der Waals surface area contributed by atoms with Crippen LogP contribution in [0.1, 0.15) is 25.5 Å². The lowest BCUT2D eigenvalue weighted by Gasteiger charge is -2.36. The molecule has 1 aliphatic heterocycles. The van der Waals surface area contributed by atoms with Crippen molar-refractivity contribution in [1.29, 1.82) is 0 Å². The Morgan fingerprint density at radius 1 is 1.35 bits per heavy atom. The number of carbonyl (C=O) groups is 2. The molecule has 0 radical (unpaired) electrons. The number of hydrogen-bond acceptors (Lipinski definition) is 4. The van der Waals surface area contributed by atoms with Gasteiger partial charge in [-0.1, -0.05) is 44.2 Å². The van der Waals surface area contributed by atoms with Crippen molar-refractivity contribution in [2.45, 2.75) is 26.0 Å². The molecule has 2 amide bonds. The van der Waals surface area contributed by atoms with Gasteiger partial charge >= 0.3 is 12.0 Å². The first-order valence-corrected chi connectivity index (χ1v) is 8.99. The summed E-state index contributed by atoms with van der Waals surface area (Å²) < 4.78 is 5.69. The Labute approximate surface area is 154 Å². The molecule has 1 aliphatic rings. The van der Waals surface area contributed by atoms with E-state index in [0.29, 0.717) is 26.2 Å². The van der Waals surface area contributed by atoms with E-state index in [1.807, 2.05) is 30.3 Å². The summed E-state index contributed by atoms with van der Waals surface area (Å²) in [7, 11) is 1.74. The molecule has 2 unspecified atom stereocenters. The molecule has 2 N–H and O–H groups in total. The molecule has 26 heavy (non-hydrogen) atoms. The number of benzene rings is 1. The number of carbonyl (C=O) groups excluding carboxylic acids is 1. The summed E-state index contributed by atoms with van der Waals surface area (Å²) in [6.07, 6.45) is -0.187. The number of rotatable bonds is 7. The van der Waals surface area contributed by atoms with E-state index in [4.69, 9.17) is 9.84 Å². The summed E-state index contributed by atoms with van der Waals surface area (Å²) in [5.41, 5.74) is 1.09. The molecule has 144 valence electrons. The van der Waals surface area contributed by atoms with Gasteiger partial charge in [0.05, 0.1) is 25.3 Å². The smallest absolute Gasteiger partial charge is 0.318 e. The highest BCUT2D eigenvalue weighted by Gasteiger charge is 2.27. The molecule has 1 heterocycles. The van der Waals surface area contributed by atoms with Crippen molar-refractivity contribution in [2.75, 3.05) is 39.8 Å². The van der Waals surface area contributed by atoms with Crippen LogP contribution in [0.2, 0.25) is 0 Å². The van der Waals surface area contributed by atoms with Gasteiger partial charge in [0.2, 0.25) is 0 Å². The Bertz CT molecular complexity index is 594. The highest BCUT2D eigenvalue weighted by atomic mass is 16.5. The quantitative estimate of drug-likeness (QED) is 0.772. The molecule has 0 aromatic heterocycles. The summed E-state index contributed by atoms with van der Waals surface area (Å²) in [6.45, 7) is 6.04. The first-order valence-electron chi connectivity index (χ1n) is 8.99. The third kappa shape index (κ3) is 6.00. The third-order valence-corrected chi connectivity index (χ3v) is 4.45. The summed E-state index contributed by atoms with van der Waals surface area (Å²) in [4.78, 5) is 27.0. The van der Waals surface area contributed by atoms with Crippen LogP contribution in [-0.2, 0) is 9.53 Å². The van der Waals surface area contributed by atoms with Crippen LogP contribution < -0.4 is 5.32 Å². The molecule has 7 heteroatoms. The number of morpholine rings is 1. The Morgan fingerprint density at radius 3 is 2.65 bits per heavy atom. The maximum absolute atomic E-state index is 12.7. The van der Waals surface area contributed by atoms with E-state index in [1.54, 1.807) is 16.8 Å². The summed E-state index contributed by atoms with van der Waals surface area (Å²) in [6, 6.07) is 9.78. The van der Waals surface area contributed by atoms with Crippen molar-refractivity contribution < 1.29 is 19.4 Å². The zero-order valence-electron chi connectivity index (χ0n) is 15.7. The van der Waals surface area contributed by atoms with E-state index < -0.39 is 5.97 Å². The van der Waals surface area contributed by atoms with Crippen LogP contribution in [0.4, 0.5) is 4.79 Å². The number of carboxylic acids is 1. The number of amides is 2. The number of ether oxygens (including phenoxy) is 1. The second kappa shape index (κ2) is 9.54. The number of nitrogens with one attached hydrogen (secondary N) is 1. The molecule has 1 saturated heterocycles. The molecular weight excluding hydrogens is 334 g/mol. The minimum Gasteiger partial charge on any atom is -0.480 e. The van der Waals surface area contributed by atoms with Crippen LogP contribution in [0, 0.1) is 5.92 Å². The maximum Gasteiger partial charge on any atom is 0.318 e. The van der Waals surface area contributed by atoms with Crippen molar-refractivity contribution in [3.05, 3.63) is 35.9 Å². The standard InChI is InChI=1S/C19H29N3O4/c1-14(2)18(15-7-5-4-6-8-15)20-19(25)22-9-10-26-16(12-22)11-21(3)13-17(23)24/h4-8,14,16,18H,9-13H2,1-3H3,(H,20,25)(H,23,24). The highest BCUT2D eigenvalue weighted by molar-refractivity contribution is 5.75. The SMILES string of the molecule is CC(C)C(NC(=O)N1CCOC(CN(C)CC(=O)O)C1)c1ccccc1. The van der Waals surface area contributed by atoms with Crippen LogP contribution in [0.3, 0.4) is 0 Å². The van der Waals surface area contributed by atoms with Crippen LogP contribution >= 0.6 is 0 Å². The van der Waals surface area contributed by atoms with Gasteiger partial charge in [0.15, 0.2) is 0 Å². The zero-order chi connectivity index (χ0) is 19.1. The summed E-state index contributed by atoms with van der Waals surface area (Å²) in [5, 5.41) is 12.0. The van der Waals surface area contributed by atoms with E-state index in [0.717, 1.165) is 5.56 Å². The number of carboxylic acid groups (broad SMARTS) is 1. The molecule has 1 fully saturated rings. The van der Waals surface area contributed by atoms with Crippen LogP contribution in [-0.4, -0.2) is 72.8 Å². The Morgan fingerprint density at radius 2 is 2.04 bits per heavy atom. The van der Waals surface area contributed by atoms with Crippen molar-refractivity contribution in [3.63, 3.8) is 0 Å². The maximum atomic E-state index is 12.7. The van der Waals surface area contributed by atoms with Gasteiger partial charge in [0.25, 0.3) is 0 Å². The van der Waals surface area contributed by atoms with E-state index in [1.165, 1.54) is 0 Å². The number of nitrogens with zero attached hydrogens (tertiary/aromatic N) is 2. The fourth-order valence-electron chi connectivity index (χ4n) is 3.18. The first kappa shape index (κ1) is 20.2. The summed E-state index contributed by atoms with van der Waals surface area (Å²) >= 11 is 0. The zero-order valence-corrected chi connectivity index (χ0v) is 15.7. The molecular formula is C19H29N3O4. The van der Waals surface area contributed by atoms with Gasteiger partial charge in [0, 0.05) is 19.6 Å². The predicted octanol–water partition coefficient (Wildman–Crippen LogP) is 1.81. The average molecular weight is 363 g/mol. The van der Waals surface area contributed by atoms with E-state index in [9.17, 15) is 9.59 Å². The molecule has 0 saturated carbocycles. The monoisotopic (exact) mass is 363 g/mol. The minimum absolute atomic E-state index is 0.0461. The highest BCUT2D eigenvalue weighted by Crippen LogP contribution is 2.22. The van der Waals surface area contributed by atoms with Crippen LogP contribution in [0.15, 0.2) is 30.3 Å². The number of hydrogen-bond donors (Lipinski definition) is 2. The van der Waals surface area contributed by atoms with Gasteiger partial charge in [0.1, 0.15) is 0 Å². The Hall–Kier alpha value is -2.12. The molecule has 0 aliphatic carbocycles. The minimum atomic E-state index is -0.874. The molecule has 1 aromatic rings. The number of likely N-dealkylation sites (N-methyl/N-ethyl adjacent to an activating group) is 1. The van der Waals surface area contributed by atoms with E-state index >= 15 is 0 Å². The molecule has 1 aromatic carbocycles. The molecule has 7 nitrogen and oxygen atoms in total. The lowest BCUT2D eigenvalue weighted by atomic mass is 9.96. The summed E-state index contributed by atoms with van der Waals surface area (Å²) in [5.74, 6) is -0.611. The topological polar surface area (TPSA) is 82.1 Å².